The Bertz CT molecular complexity index is 744. The molecule has 0 radical (unpaired) electrons. The summed E-state index contributed by atoms with van der Waals surface area (Å²) in [5.41, 5.74) is 0.457. The lowest BCUT2D eigenvalue weighted by atomic mass is 10.1. The van der Waals surface area contributed by atoms with E-state index in [9.17, 15) is 23.3 Å². The van der Waals surface area contributed by atoms with Gasteiger partial charge in [0, 0.05) is 18.2 Å². The summed E-state index contributed by atoms with van der Waals surface area (Å²) in [7, 11) is 4.08. The lowest BCUT2D eigenvalue weighted by molar-refractivity contribution is -0.872. The standard InChI is InChI=1S/C17H18F3N3O2/c1-22(2)11-13-5-3-12(4-6-13)10-21-15-8-7-14(17(18,19)20)9-16(15)23(24)25/h3-9,21H,10-11H2,1-2H3/p+1. The predicted molar refractivity (Wildman–Crippen MR) is 88.4 cm³/mol. The van der Waals surface area contributed by atoms with Gasteiger partial charge in [-0.05, 0) is 17.7 Å². The van der Waals surface area contributed by atoms with Gasteiger partial charge in [-0.25, -0.2) is 0 Å². The highest BCUT2D eigenvalue weighted by Gasteiger charge is 2.32. The highest BCUT2D eigenvalue weighted by molar-refractivity contribution is 5.63. The SMILES string of the molecule is C[NH+](C)Cc1ccc(CNc2ccc(C(F)(F)F)cc2[N+](=O)[O-])cc1. The number of nitro benzene ring substituents is 1. The van der Waals surface area contributed by atoms with E-state index in [2.05, 4.69) is 5.32 Å². The Kier molecular flexibility index (Phi) is 5.63. The molecule has 0 unspecified atom stereocenters. The number of benzene rings is 2. The maximum atomic E-state index is 12.7. The largest absolute Gasteiger partial charge is 0.416 e. The van der Waals surface area contributed by atoms with Crippen molar-refractivity contribution in [3.05, 3.63) is 69.3 Å². The second-order valence-corrected chi connectivity index (χ2v) is 6.04. The monoisotopic (exact) mass is 354 g/mol. The minimum atomic E-state index is -4.62. The van der Waals surface area contributed by atoms with Crippen LogP contribution in [0.3, 0.4) is 0 Å². The van der Waals surface area contributed by atoms with Crippen LogP contribution in [0.1, 0.15) is 16.7 Å². The van der Waals surface area contributed by atoms with Gasteiger partial charge in [0.1, 0.15) is 12.2 Å². The zero-order valence-corrected chi connectivity index (χ0v) is 13.9. The van der Waals surface area contributed by atoms with Crippen molar-refractivity contribution in [3.63, 3.8) is 0 Å². The van der Waals surface area contributed by atoms with Crippen LogP contribution in [0.25, 0.3) is 0 Å². The molecule has 2 aromatic rings. The van der Waals surface area contributed by atoms with Crippen LogP contribution in [0.15, 0.2) is 42.5 Å². The third kappa shape index (κ3) is 5.18. The molecule has 5 nitrogen and oxygen atoms in total. The van der Waals surface area contributed by atoms with E-state index in [-0.39, 0.29) is 12.2 Å². The van der Waals surface area contributed by atoms with E-state index < -0.39 is 22.4 Å². The summed E-state index contributed by atoms with van der Waals surface area (Å²) in [6.07, 6.45) is -4.62. The maximum Gasteiger partial charge on any atom is 0.416 e. The molecule has 0 saturated heterocycles. The van der Waals surface area contributed by atoms with Gasteiger partial charge in [-0.15, -0.1) is 0 Å². The Labute approximate surface area is 143 Å². The summed E-state index contributed by atoms with van der Waals surface area (Å²) >= 11 is 0. The van der Waals surface area contributed by atoms with E-state index in [4.69, 9.17) is 0 Å². The van der Waals surface area contributed by atoms with Gasteiger partial charge in [-0.3, -0.25) is 10.1 Å². The number of halogens is 3. The van der Waals surface area contributed by atoms with Crippen LogP contribution in [-0.4, -0.2) is 19.0 Å². The molecule has 2 rings (SSSR count). The molecule has 0 bridgehead atoms. The van der Waals surface area contributed by atoms with Gasteiger partial charge >= 0.3 is 6.18 Å². The Balaban J connectivity index is 2.13. The minimum absolute atomic E-state index is 0.0554. The molecule has 2 N–H and O–H groups in total. The second kappa shape index (κ2) is 7.52. The number of rotatable bonds is 6. The van der Waals surface area contributed by atoms with Crippen molar-refractivity contribution in [3.8, 4) is 0 Å². The second-order valence-electron chi connectivity index (χ2n) is 6.04. The highest BCUT2D eigenvalue weighted by Crippen LogP contribution is 2.35. The van der Waals surface area contributed by atoms with Gasteiger partial charge in [0.15, 0.2) is 0 Å². The first-order valence-electron chi connectivity index (χ1n) is 7.63. The topological polar surface area (TPSA) is 59.6 Å². The maximum absolute atomic E-state index is 12.7. The first-order chi connectivity index (χ1) is 11.7. The van der Waals surface area contributed by atoms with E-state index in [1.54, 1.807) is 0 Å². The van der Waals surface area contributed by atoms with Crippen LogP contribution in [0.5, 0.6) is 0 Å². The summed E-state index contributed by atoms with van der Waals surface area (Å²) in [6, 6.07) is 10.2. The minimum Gasteiger partial charge on any atom is -0.375 e. The molecular formula is C17H19F3N3O2+. The van der Waals surface area contributed by atoms with E-state index in [0.717, 1.165) is 29.8 Å². The first kappa shape index (κ1) is 18.7. The summed E-state index contributed by atoms with van der Waals surface area (Å²) in [4.78, 5) is 11.5. The van der Waals surface area contributed by atoms with Crippen molar-refractivity contribution >= 4 is 11.4 Å². The summed E-state index contributed by atoms with van der Waals surface area (Å²) in [5.74, 6) is 0. The zero-order chi connectivity index (χ0) is 18.6. The number of hydrogen-bond acceptors (Lipinski definition) is 3. The molecule has 0 spiro atoms. The van der Waals surface area contributed by atoms with Crippen molar-refractivity contribution in [2.45, 2.75) is 19.3 Å². The number of nitrogens with one attached hydrogen (secondary N) is 2. The fourth-order valence-corrected chi connectivity index (χ4v) is 2.39. The average molecular weight is 354 g/mol. The first-order valence-corrected chi connectivity index (χ1v) is 7.63. The molecule has 0 atom stereocenters. The molecule has 0 aromatic heterocycles. The van der Waals surface area contributed by atoms with Crippen molar-refractivity contribution < 1.29 is 23.0 Å². The Morgan fingerprint density at radius 3 is 2.20 bits per heavy atom. The molecule has 134 valence electrons. The van der Waals surface area contributed by atoms with Gasteiger partial charge < -0.3 is 10.2 Å². The lowest BCUT2D eigenvalue weighted by Crippen LogP contribution is -3.04. The fourth-order valence-electron chi connectivity index (χ4n) is 2.39. The van der Waals surface area contributed by atoms with Crippen molar-refractivity contribution in [1.82, 2.24) is 0 Å². The molecule has 0 fully saturated rings. The van der Waals surface area contributed by atoms with Crippen LogP contribution in [0.2, 0.25) is 0 Å². The van der Waals surface area contributed by atoms with Crippen molar-refractivity contribution in [2.24, 2.45) is 0 Å². The van der Waals surface area contributed by atoms with E-state index in [0.29, 0.717) is 6.07 Å². The number of nitro groups is 1. The summed E-state index contributed by atoms with van der Waals surface area (Å²) in [5, 5.41) is 13.9. The summed E-state index contributed by atoms with van der Waals surface area (Å²) in [6.45, 7) is 1.15. The zero-order valence-electron chi connectivity index (χ0n) is 13.9. The molecule has 0 aliphatic heterocycles. The predicted octanol–water partition coefficient (Wildman–Crippen LogP) is 2.87. The van der Waals surface area contributed by atoms with Crippen LogP contribution in [-0.2, 0) is 19.3 Å². The number of anilines is 1. The molecule has 2 aromatic carbocycles. The van der Waals surface area contributed by atoms with Gasteiger partial charge in [0.2, 0.25) is 0 Å². The number of alkyl halides is 3. The van der Waals surface area contributed by atoms with E-state index in [1.165, 1.54) is 4.90 Å². The van der Waals surface area contributed by atoms with Crippen molar-refractivity contribution in [1.29, 1.82) is 0 Å². The molecular weight excluding hydrogens is 335 g/mol. The molecule has 8 heteroatoms. The number of hydrogen-bond donors (Lipinski definition) is 2. The highest BCUT2D eigenvalue weighted by atomic mass is 19.4. The van der Waals surface area contributed by atoms with E-state index >= 15 is 0 Å². The molecule has 0 amide bonds. The van der Waals surface area contributed by atoms with Crippen molar-refractivity contribution in [2.75, 3.05) is 19.4 Å². The van der Waals surface area contributed by atoms with Gasteiger partial charge in [0.05, 0.1) is 24.6 Å². The third-order valence-electron chi connectivity index (χ3n) is 3.59. The van der Waals surface area contributed by atoms with E-state index in [1.807, 2.05) is 38.4 Å². The van der Waals surface area contributed by atoms with Gasteiger partial charge in [-0.2, -0.15) is 13.2 Å². The lowest BCUT2D eigenvalue weighted by Gasteiger charge is -2.11. The quantitative estimate of drug-likeness (QED) is 0.619. The summed E-state index contributed by atoms with van der Waals surface area (Å²) < 4.78 is 38.1. The van der Waals surface area contributed by atoms with Gasteiger partial charge in [-0.1, -0.05) is 24.3 Å². The van der Waals surface area contributed by atoms with Crippen LogP contribution >= 0.6 is 0 Å². The fraction of sp³-hybridized carbons (Fsp3) is 0.294. The Morgan fingerprint density at radius 1 is 1.08 bits per heavy atom. The smallest absolute Gasteiger partial charge is 0.375 e. The number of quaternary nitrogens is 1. The molecule has 0 heterocycles. The Hall–Kier alpha value is -2.61. The molecule has 0 aliphatic carbocycles. The van der Waals surface area contributed by atoms with Crippen LogP contribution in [0.4, 0.5) is 24.5 Å². The average Bonchev–Trinajstić information content (AvgIpc) is 2.52. The molecule has 0 aliphatic rings. The number of nitrogens with zero attached hydrogens (tertiary/aromatic N) is 1. The van der Waals surface area contributed by atoms with Crippen LogP contribution < -0.4 is 10.2 Å². The van der Waals surface area contributed by atoms with Crippen LogP contribution in [0, 0.1) is 10.1 Å². The molecule has 25 heavy (non-hydrogen) atoms. The normalized spacial score (nSPS) is 11.6. The Morgan fingerprint density at radius 2 is 1.68 bits per heavy atom. The molecule has 0 saturated carbocycles. The van der Waals surface area contributed by atoms with Gasteiger partial charge in [0.25, 0.3) is 5.69 Å². The third-order valence-corrected chi connectivity index (χ3v) is 3.59.